The van der Waals surface area contributed by atoms with E-state index in [1.165, 1.54) is 5.56 Å². The molecule has 0 atom stereocenters. The first kappa shape index (κ1) is 16.7. The zero-order valence-corrected chi connectivity index (χ0v) is 12.9. The number of carbonyl (C=O) groups is 1. The van der Waals surface area contributed by atoms with Crippen molar-refractivity contribution in [2.24, 2.45) is 5.41 Å². The number of hydrogen-bond acceptors (Lipinski definition) is 3. The van der Waals surface area contributed by atoms with Crippen LogP contribution in [0.4, 0.5) is 0 Å². The van der Waals surface area contributed by atoms with Crippen molar-refractivity contribution in [3.05, 3.63) is 35.9 Å². The van der Waals surface area contributed by atoms with E-state index in [4.69, 9.17) is 4.74 Å². The first-order valence-electron chi connectivity index (χ1n) is 7.42. The summed E-state index contributed by atoms with van der Waals surface area (Å²) in [6.45, 7) is 8.09. The summed E-state index contributed by atoms with van der Waals surface area (Å²) in [6, 6.07) is 10.4. The van der Waals surface area contributed by atoms with Crippen molar-refractivity contribution in [1.29, 1.82) is 0 Å². The molecule has 3 nitrogen and oxygen atoms in total. The lowest BCUT2D eigenvalue weighted by Crippen LogP contribution is -2.23. The fourth-order valence-electron chi connectivity index (χ4n) is 1.74. The summed E-state index contributed by atoms with van der Waals surface area (Å²) < 4.78 is 5.22. The van der Waals surface area contributed by atoms with Gasteiger partial charge in [-0.05, 0) is 52.1 Å². The molecule has 0 aliphatic rings. The van der Waals surface area contributed by atoms with E-state index >= 15 is 0 Å². The van der Waals surface area contributed by atoms with Crippen LogP contribution in [-0.4, -0.2) is 19.1 Å². The van der Waals surface area contributed by atoms with E-state index in [1.54, 1.807) is 0 Å². The normalized spacial score (nSPS) is 11.3. The predicted octanol–water partition coefficient (Wildman–Crippen LogP) is 3.54. The van der Waals surface area contributed by atoms with Crippen molar-refractivity contribution >= 4 is 5.97 Å². The van der Waals surface area contributed by atoms with Gasteiger partial charge in [0.05, 0.1) is 12.0 Å². The highest BCUT2D eigenvalue weighted by molar-refractivity contribution is 5.75. The molecular formula is C17H27NO2. The Balaban J connectivity index is 1.94. The fraction of sp³-hybridized carbons (Fsp3) is 0.588. The molecule has 0 aromatic heterocycles. The average molecular weight is 277 g/mol. The molecule has 0 heterocycles. The minimum Gasteiger partial charge on any atom is -0.465 e. The Hall–Kier alpha value is -1.35. The Labute approximate surface area is 122 Å². The molecule has 1 aromatic carbocycles. The number of hydrogen-bond donors (Lipinski definition) is 1. The zero-order chi connectivity index (χ0) is 14.8. The molecule has 0 radical (unpaired) electrons. The van der Waals surface area contributed by atoms with E-state index in [-0.39, 0.29) is 5.97 Å². The molecule has 0 amide bonds. The lowest BCUT2D eigenvalue weighted by molar-refractivity contribution is -0.153. The number of esters is 1. The van der Waals surface area contributed by atoms with E-state index in [9.17, 15) is 4.79 Å². The van der Waals surface area contributed by atoms with Gasteiger partial charge in [0.2, 0.25) is 0 Å². The van der Waals surface area contributed by atoms with Gasteiger partial charge in [-0.2, -0.15) is 0 Å². The number of unbranched alkanes of at least 4 members (excludes halogenated alkanes) is 2. The summed E-state index contributed by atoms with van der Waals surface area (Å²) in [5.41, 5.74) is 0.920. The molecule has 3 heteroatoms. The van der Waals surface area contributed by atoms with Crippen molar-refractivity contribution in [2.75, 3.05) is 13.2 Å². The SMILES string of the molecule is CC(C)(C)C(=O)OCCCCCNCc1ccccc1. The molecule has 0 bridgehead atoms. The van der Waals surface area contributed by atoms with Crippen LogP contribution in [0.25, 0.3) is 0 Å². The van der Waals surface area contributed by atoms with Gasteiger partial charge in [0, 0.05) is 6.54 Å². The molecule has 112 valence electrons. The predicted molar refractivity (Wildman–Crippen MR) is 82.4 cm³/mol. The molecule has 1 N–H and O–H groups in total. The molecule has 0 aliphatic heterocycles. The molecule has 0 saturated heterocycles. The summed E-state index contributed by atoms with van der Waals surface area (Å²) in [6.07, 6.45) is 3.13. The highest BCUT2D eigenvalue weighted by Gasteiger charge is 2.22. The minimum absolute atomic E-state index is 0.111. The standard InChI is InChI=1S/C17H27NO2/c1-17(2,3)16(19)20-13-9-5-8-12-18-14-15-10-6-4-7-11-15/h4,6-7,10-11,18H,5,8-9,12-14H2,1-3H3. The van der Waals surface area contributed by atoms with E-state index in [2.05, 4.69) is 29.6 Å². The maximum Gasteiger partial charge on any atom is 0.311 e. The van der Waals surface area contributed by atoms with Gasteiger partial charge in [0.25, 0.3) is 0 Å². The Morgan fingerprint density at radius 1 is 1.10 bits per heavy atom. The van der Waals surface area contributed by atoms with Crippen molar-refractivity contribution in [2.45, 2.75) is 46.6 Å². The molecular weight excluding hydrogens is 250 g/mol. The Bertz CT molecular complexity index is 382. The Morgan fingerprint density at radius 2 is 1.80 bits per heavy atom. The smallest absolute Gasteiger partial charge is 0.311 e. The number of ether oxygens (including phenoxy) is 1. The number of carbonyl (C=O) groups excluding carboxylic acids is 1. The van der Waals surface area contributed by atoms with Crippen LogP contribution >= 0.6 is 0 Å². The Kier molecular flexibility index (Phi) is 7.31. The van der Waals surface area contributed by atoms with Crippen LogP contribution in [0.5, 0.6) is 0 Å². The first-order chi connectivity index (χ1) is 9.50. The molecule has 0 unspecified atom stereocenters. The highest BCUT2D eigenvalue weighted by Crippen LogP contribution is 2.15. The van der Waals surface area contributed by atoms with E-state index < -0.39 is 5.41 Å². The van der Waals surface area contributed by atoms with Crippen molar-refractivity contribution < 1.29 is 9.53 Å². The highest BCUT2D eigenvalue weighted by atomic mass is 16.5. The average Bonchev–Trinajstić information content (AvgIpc) is 2.41. The van der Waals surface area contributed by atoms with E-state index in [1.807, 2.05) is 26.8 Å². The second-order valence-corrected chi connectivity index (χ2v) is 6.11. The molecule has 0 saturated carbocycles. The van der Waals surface area contributed by atoms with Crippen LogP contribution in [-0.2, 0) is 16.1 Å². The number of rotatable bonds is 8. The van der Waals surface area contributed by atoms with Gasteiger partial charge in [-0.3, -0.25) is 4.79 Å². The van der Waals surface area contributed by atoms with Gasteiger partial charge < -0.3 is 10.1 Å². The third-order valence-electron chi connectivity index (χ3n) is 3.02. The Morgan fingerprint density at radius 3 is 2.45 bits per heavy atom. The lowest BCUT2D eigenvalue weighted by Gasteiger charge is -2.16. The van der Waals surface area contributed by atoms with Gasteiger partial charge in [0.15, 0.2) is 0 Å². The zero-order valence-electron chi connectivity index (χ0n) is 12.9. The summed E-state index contributed by atoms with van der Waals surface area (Å²) in [7, 11) is 0. The van der Waals surface area contributed by atoms with Crippen LogP contribution in [0.3, 0.4) is 0 Å². The van der Waals surface area contributed by atoms with Gasteiger partial charge in [-0.15, -0.1) is 0 Å². The molecule has 1 aromatic rings. The van der Waals surface area contributed by atoms with Crippen LogP contribution in [0.15, 0.2) is 30.3 Å². The summed E-state index contributed by atoms with van der Waals surface area (Å²) >= 11 is 0. The molecule has 0 spiro atoms. The molecule has 0 fully saturated rings. The monoisotopic (exact) mass is 277 g/mol. The van der Waals surface area contributed by atoms with Crippen LogP contribution in [0.1, 0.15) is 45.6 Å². The third-order valence-corrected chi connectivity index (χ3v) is 3.02. The second-order valence-electron chi connectivity index (χ2n) is 6.11. The number of nitrogens with one attached hydrogen (secondary N) is 1. The summed E-state index contributed by atoms with van der Waals surface area (Å²) in [5.74, 6) is -0.111. The summed E-state index contributed by atoms with van der Waals surface area (Å²) in [4.78, 5) is 11.5. The third kappa shape index (κ3) is 7.29. The van der Waals surface area contributed by atoms with E-state index in [0.717, 1.165) is 32.4 Å². The van der Waals surface area contributed by atoms with E-state index in [0.29, 0.717) is 6.61 Å². The fourth-order valence-corrected chi connectivity index (χ4v) is 1.74. The molecule has 0 aliphatic carbocycles. The van der Waals surface area contributed by atoms with Gasteiger partial charge in [0.1, 0.15) is 0 Å². The molecule has 1 rings (SSSR count). The maximum absolute atomic E-state index is 11.5. The topological polar surface area (TPSA) is 38.3 Å². The van der Waals surface area contributed by atoms with Crippen molar-refractivity contribution in [1.82, 2.24) is 5.32 Å². The van der Waals surface area contributed by atoms with Gasteiger partial charge >= 0.3 is 5.97 Å². The summed E-state index contributed by atoms with van der Waals surface area (Å²) in [5, 5.41) is 3.42. The van der Waals surface area contributed by atoms with Gasteiger partial charge in [-0.1, -0.05) is 30.3 Å². The van der Waals surface area contributed by atoms with Gasteiger partial charge in [-0.25, -0.2) is 0 Å². The second kappa shape index (κ2) is 8.75. The first-order valence-corrected chi connectivity index (χ1v) is 7.42. The largest absolute Gasteiger partial charge is 0.465 e. The lowest BCUT2D eigenvalue weighted by atomic mass is 9.97. The quantitative estimate of drug-likeness (QED) is 0.583. The van der Waals surface area contributed by atoms with Crippen LogP contribution < -0.4 is 5.32 Å². The van der Waals surface area contributed by atoms with Crippen molar-refractivity contribution in [3.63, 3.8) is 0 Å². The number of benzene rings is 1. The minimum atomic E-state index is -0.392. The van der Waals surface area contributed by atoms with Crippen LogP contribution in [0.2, 0.25) is 0 Å². The van der Waals surface area contributed by atoms with Crippen LogP contribution in [0, 0.1) is 5.41 Å². The maximum atomic E-state index is 11.5. The molecule has 20 heavy (non-hydrogen) atoms. The van der Waals surface area contributed by atoms with Crippen molar-refractivity contribution in [3.8, 4) is 0 Å².